The number of hydrogen-bond acceptors (Lipinski definition) is 4. The lowest BCUT2D eigenvalue weighted by molar-refractivity contribution is -0.396. The van der Waals surface area contributed by atoms with Gasteiger partial charge in [-0.2, -0.15) is 0 Å². The van der Waals surface area contributed by atoms with Crippen molar-refractivity contribution in [2.24, 2.45) is 11.3 Å². The van der Waals surface area contributed by atoms with Crippen molar-refractivity contribution in [1.82, 2.24) is 0 Å². The molecule has 0 amide bonds. The van der Waals surface area contributed by atoms with Crippen LogP contribution < -0.4 is 0 Å². The van der Waals surface area contributed by atoms with E-state index in [1.54, 1.807) is 0 Å². The third-order valence-corrected chi connectivity index (χ3v) is 5.75. The first kappa shape index (κ1) is 13.5. The van der Waals surface area contributed by atoms with E-state index >= 15 is 0 Å². The normalized spacial score (nSPS) is 60.3. The Bertz CT molecular complexity index is 458. The molecule has 0 N–H and O–H groups in total. The van der Waals surface area contributed by atoms with Crippen LogP contribution in [0.15, 0.2) is 0 Å². The summed E-state index contributed by atoms with van der Waals surface area (Å²) in [5.41, 5.74) is -0.382. The maximum atomic E-state index is 6.38. The van der Waals surface area contributed by atoms with Gasteiger partial charge < -0.3 is 18.9 Å². The van der Waals surface area contributed by atoms with Crippen LogP contribution in [0.25, 0.3) is 0 Å². The first-order chi connectivity index (χ1) is 9.06. The summed E-state index contributed by atoms with van der Waals surface area (Å²) in [5, 5.41) is 0. The Morgan fingerprint density at radius 1 is 1.10 bits per heavy atom. The van der Waals surface area contributed by atoms with Crippen LogP contribution in [-0.2, 0) is 18.9 Å². The third kappa shape index (κ3) is 1.51. The van der Waals surface area contributed by atoms with Gasteiger partial charge in [0.15, 0.2) is 0 Å². The van der Waals surface area contributed by atoms with E-state index in [4.69, 9.17) is 18.9 Å². The van der Waals surface area contributed by atoms with Gasteiger partial charge in [-0.15, -0.1) is 0 Å². The molecule has 3 saturated carbocycles. The van der Waals surface area contributed by atoms with Crippen molar-refractivity contribution < 1.29 is 18.9 Å². The molecule has 2 aliphatic heterocycles. The average Bonchev–Trinajstić information content (AvgIpc) is 2.43. The topological polar surface area (TPSA) is 36.9 Å². The van der Waals surface area contributed by atoms with Crippen LogP contribution in [0.2, 0.25) is 0 Å². The van der Waals surface area contributed by atoms with Gasteiger partial charge in [-0.25, -0.2) is 0 Å². The van der Waals surface area contributed by atoms with E-state index in [-0.39, 0.29) is 34.9 Å². The zero-order valence-electron chi connectivity index (χ0n) is 13.4. The second kappa shape index (κ2) is 3.43. The van der Waals surface area contributed by atoms with Crippen LogP contribution in [0.3, 0.4) is 0 Å². The van der Waals surface area contributed by atoms with Gasteiger partial charge in [0.1, 0.15) is 11.7 Å². The van der Waals surface area contributed by atoms with E-state index in [1.165, 1.54) is 0 Å². The van der Waals surface area contributed by atoms with Crippen molar-refractivity contribution in [1.29, 1.82) is 0 Å². The Morgan fingerprint density at radius 2 is 1.80 bits per heavy atom. The fraction of sp³-hybridized carbons (Fsp3) is 1.00. The van der Waals surface area contributed by atoms with Crippen LogP contribution in [0.5, 0.6) is 0 Å². The maximum Gasteiger partial charge on any atom is 0.281 e. The van der Waals surface area contributed by atoms with E-state index < -0.39 is 5.97 Å². The number of ether oxygens (including phenoxy) is 4. The van der Waals surface area contributed by atoms with Crippen LogP contribution in [-0.4, -0.2) is 35.5 Å². The molecular formula is C16H26O4. The highest BCUT2D eigenvalue weighted by atomic mass is 16.9. The fourth-order valence-corrected chi connectivity index (χ4v) is 5.17. The summed E-state index contributed by atoms with van der Waals surface area (Å²) in [6.07, 6.45) is 2.53. The summed E-state index contributed by atoms with van der Waals surface area (Å²) in [5.74, 6) is -0.480. The molecule has 20 heavy (non-hydrogen) atoms. The van der Waals surface area contributed by atoms with Gasteiger partial charge in [-0.3, -0.25) is 0 Å². The van der Waals surface area contributed by atoms with Crippen molar-refractivity contribution >= 4 is 0 Å². The summed E-state index contributed by atoms with van der Waals surface area (Å²) >= 11 is 0. The Balaban J connectivity index is 1.74. The molecule has 2 heterocycles. The summed E-state index contributed by atoms with van der Waals surface area (Å²) in [7, 11) is 0. The SMILES string of the molecule is CC(C)(C)O[C@H]1C[C@@H]2[C@@H]3C[C@@]1(C)[C@H]1OC(C)(O3)O[C@@]21C. The van der Waals surface area contributed by atoms with E-state index in [1.807, 2.05) is 6.92 Å². The predicted molar refractivity (Wildman–Crippen MR) is 73.1 cm³/mol. The summed E-state index contributed by atoms with van der Waals surface area (Å²) < 4.78 is 24.9. The van der Waals surface area contributed by atoms with E-state index in [9.17, 15) is 0 Å². The highest BCUT2D eigenvalue weighted by Gasteiger charge is 2.76. The lowest BCUT2D eigenvalue weighted by Gasteiger charge is -2.62. The molecule has 1 unspecified atom stereocenters. The third-order valence-electron chi connectivity index (χ3n) is 5.75. The van der Waals surface area contributed by atoms with Gasteiger partial charge in [0.2, 0.25) is 0 Å². The molecular weight excluding hydrogens is 256 g/mol. The molecule has 0 radical (unpaired) electrons. The molecule has 3 aliphatic carbocycles. The molecule has 5 bridgehead atoms. The molecule has 4 nitrogen and oxygen atoms in total. The summed E-state index contributed by atoms with van der Waals surface area (Å²) in [4.78, 5) is 0. The second-order valence-corrected chi connectivity index (χ2v) is 8.57. The van der Waals surface area contributed by atoms with Crippen LogP contribution in [0.1, 0.15) is 54.4 Å². The number of fused-ring (bicyclic) bond motifs is 2. The van der Waals surface area contributed by atoms with Gasteiger partial charge in [0, 0.05) is 18.3 Å². The summed E-state index contributed by atoms with van der Waals surface area (Å²) in [6.45, 7) is 12.8. The Kier molecular flexibility index (Phi) is 2.31. The minimum atomic E-state index is -0.852. The van der Waals surface area contributed by atoms with Gasteiger partial charge in [0.25, 0.3) is 5.97 Å². The largest absolute Gasteiger partial charge is 0.372 e. The minimum absolute atomic E-state index is 0.0320. The predicted octanol–water partition coefficient (Wildman–Crippen LogP) is 2.85. The minimum Gasteiger partial charge on any atom is -0.372 e. The van der Waals surface area contributed by atoms with Crippen molar-refractivity contribution in [3.63, 3.8) is 0 Å². The Labute approximate surface area is 121 Å². The quantitative estimate of drug-likeness (QED) is 0.741. The lowest BCUT2D eigenvalue weighted by Crippen LogP contribution is -2.71. The van der Waals surface area contributed by atoms with Gasteiger partial charge in [-0.05, 0) is 40.5 Å². The molecule has 0 aromatic rings. The number of hydrogen-bond donors (Lipinski definition) is 0. The maximum absolute atomic E-state index is 6.38. The number of rotatable bonds is 1. The average molecular weight is 282 g/mol. The molecule has 0 aromatic heterocycles. The zero-order valence-corrected chi connectivity index (χ0v) is 13.4. The van der Waals surface area contributed by atoms with Crippen molar-refractivity contribution in [3.8, 4) is 0 Å². The van der Waals surface area contributed by atoms with Gasteiger partial charge in [-0.1, -0.05) is 6.92 Å². The monoisotopic (exact) mass is 282 g/mol. The lowest BCUT2D eigenvalue weighted by atomic mass is 9.51. The smallest absolute Gasteiger partial charge is 0.281 e. The highest BCUT2D eigenvalue weighted by molar-refractivity contribution is 5.20. The Hall–Kier alpha value is -0.160. The van der Waals surface area contributed by atoms with E-state index in [2.05, 4.69) is 34.6 Å². The van der Waals surface area contributed by atoms with Crippen molar-refractivity contribution in [2.45, 2.75) is 89.9 Å². The molecule has 7 atom stereocenters. The van der Waals surface area contributed by atoms with E-state index in [0.717, 1.165) is 12.8 Å². The first-order valence-electron chi connectivity index (χ1n) is 7.79. The second-order valence-electron chi connectivity index (χ2n) is 8.57. The summed E-state index contributed by atoms with van der Waals surface area (Å²) in [6, 6.07) is 0. The molecule has 5 fully saturated rings. The molecule has 114 valence electrons. The van der Waals surface area contributed by atoms with Crippen molar-refractivity contribution in [2.75, 3.05) is 0 Å². The van der Waals surface area contributed by atoms with E-state index in [0.29, 0.717) is 5.92 Å². The Morgan fingerprint density at radius 3 is 2.45 bits per heavy atom. The van der Waals surface area contributed by atoms with Crippen LogP contribution in [0.4, 0.5) is 0 Å². The van der Waals surface area contributed by atoms with Gasteiger partial charge >= 0.3 is 0 Å². The molecule has 5 aliphatic rings. The molecule has 5 rings (SSSR count). The first-order valence-corrected chi connectivity index (χ1v) is 7.79. The van der Waals surface area contributed by atoms with Crippen LogP contribution in [0, 0.1) is 11.3 Å². The fourth-order valence-electron chi connectivity index (χ4n) is 5.17. The highest BCUT2D eigenvalue weighted by Crippen LogP contribution is 2.67. The molecule has 4 heteroatoms. The van der Waals surface area contributed by atoms with Gasteiger partial charge in [0.05, 0.1) is 17.8 Å². The molecule has 0 spiro atoms. The molecule has 0 aromatic carbocycles. The standard InChI is InChI=1S/C16H26O4/c1-13(2,3)18-11-7-9-10-8-14(11,4)12-15(9,5)20-16(6,17-10)19-12/h9-12H,7-8H2,1-6H3/t9-,10+,11+,12-,14-,15+,16?/m1/s1. The molecule has 2 saturated heterocycles. The van der Waals surface area contributed by atoms with Crippen LogP contribution >= 0.6 is 0 Å². The zero-order chi connectivity index (χ0) is 14.6. The van der Waals surface area contributed by atoms with Crippen molar-refractivity contribution in [3.05, 3.63) is 0 Å².